The Bertz CT molecular complexity index is 1370. The molecule has 0 radical (unpaired) electrons. The third kappa shape index (κ3) is 6.22. The van der Waals surface area contributed by atoms with Crippen LogP contribution in [-0.4, -0.2) is 59.4 Å². The maximum absolute atomic E-state index is 14.8. The molecule has 4 atom stereocenters. The Labute approximate surface area is 231 Å². The van der Waals surface area contributed by atoms with Gasteiger partial charge in [-0.3, -0.25) is 4.79 Å². The second-order valence-corrected chi connectivity index (χ2v) is 10.5. The molecule has 0 bridgehead atoms. The number of carbonyl (C=O) groups is 1. The Hall–Kier alpha value is -3.66. The highest BCUT2D eigenvalue weighted by atomic mass is 19.1. The van der Waals surface area contributed by atoms with Crippen molar-refractivity contribution in [3.05, 3.63) is 76.6 Å². The molecule has 1 saturated heterocycles. The van der Waals surface area contributed by atoms with E-state index in [1.165, 1.54) is 12.1 Å². The fourth-order valence-corrected chi connectivity index (χ4v) is 5.35. The maximum atomic E-state index is 14.8. The summed E-state index contributed by atoms with van der Waals surface area (Å²) in [6.45, 7) is 4.73. The Morgan fingerprint density at radius 3 is 2.52 bits per heavy atom. The van der Waals surface area contributed by atoms with Crippen LogP contribution in [0.1, 0.15) is 41.0 Å². The summed E-state index contributed by atoms with van der Waals surface area (Å²) < 4.78 is 37.7. The molecule has 9 heteroatoms. The second-order valence-electron chi connectivity index (χ2n) is 10.5. The lowest BCUT2D eigenvalue weighted by molar-refractivity contribution is -0.137. The van der Waals surface area contributed by atoms with Gasteiger partial charge in [-0.25, -0.2) is 4.39 Å². The van der Waals surface area contributed by atoms with Crippen molar-refractivity contribution in [3.8, 4) is 28.4 Å². The minimum absolute atomic E-state index is 0.0537. The van der Waals surface area contributed by atoms with Crippen LogP contribution in [0.15, 0.2) is 48.5 Å². The Balaban J connectivity index is 1.25. The molecular formula is C31H33FO8. The first-order valence-corrected chi connectivity index (χ1v) is 13.3. The molecule has 5 rings (SSSR count). The molecule has 0 aliphatic carbocycles. The van der Waals surface area contributed by atoms with E-state index in [4.69, 9.17) is 24.1 Å². The van der Waals surface area contributed by atoms with Crippen molar-refractivity contribution in [1.29, 1.82) is 0 Å². The van der Waals surface area contributed by atoms with Gasteiger partial charge >= 0.3 is 5.97 Å². The van der Waals surface area contributed by atoms with Crippen LogP contribution < -0.4 is 14.2 Å². The SMILES string of the molecule is Cc1cc(OC[C@@H]2C[C@@H](O)[C@@H](O)CO2)cc(C)c1-c1cccc(COc2cc3c(cc2F)C(CC(=O)O)CO3)c1. The van der Waals surface area contributed by atoms with Gasteiger partial charge in [-0.1, -0.05) is 18.2 Å². The van der Waals surface area contributed by atoms with Gasteiger partial charge in [0.25, 0.3) is 0 Å². The molecule has 2 aliphatic heterocycles. The third-order valence-corrected chi connectivity index (χ3v) is 7.37. The van der Waals surface area contributed by atoms with E-state index in [-0.39, 0.29) is 50.6 Å². The zero-order valence-corrected chi connectivity index (χ0v) is 22.4. The minimum Gasteiger partial charge on any atom is -0.492 e. The third-order valence-electron chi connectivity index (χ3n) is 7.37. The standard InChI is InChI=1S/C31H33FO8/c1-17-6-22(37-15-23-10-26(33)27(34)16-38-23)7-18(2)31(17)20-5-3-4-19(8-20)13-39-29-12-28-24(11-25(29)32)21(14-40-28)9-30(35)36/h3-8,11-12,21,23,26-27,33-34H,9-10,13-16H2,1-2H3,(H,35,36)/t21?,23-,26+,27-/m0/s1. The molecule has 0 aromatic heterocycles. The smallest absolute Gasteiger partial charge is 0.304 e. The summed E-state index contributed by atoms with van der Waals surface area (Å²) >= 11 is 0. The Kier molecular flexibility index (Phi) is 8.25. The molecule has 0 spiro atoms. The quantitative estimate of drug-likeness (QED) is 0.355. The van der Waals surface area contributed by atoms with Crippen LogP contribution in [-0.2, 0) is 16.1 Å². The van der Waals surface area contributed by atoms with Crippen molar-refractivity contribution in [2.24, 2.45) is 0 Å². The second kappa shape index (κ2) is 11.8. The van der Waals surface area contributed by atoms with E-state index >= 15 is 0 Å². The van der Waals surface area contributed by atoms with Gasteiger partial charge in [-0.15, -0.1) is 0 Å². The van der Waals surface area contributed by atoms with Crippen molar-refractivity contribution < 1.29 is 43.5 Å². The van der Waals surface area contributed by atoms with E-state index < -0.39 is 24.0 Å². The molecule has 0 amide bonds. The van der Waals surface area contributed by atoms with Crippen LogP contribution >= 0.6 is 0 Å². The van der Waals surface area contributed by atoms with Crippen LogP contribution in [0.4, 0.5) is 4.39 Å². The molecule has 1 fully saturated rings. The predicted molar refractivity (Wildman–Crippen MR) is 144 cm³/mol. The van der Waals surface area contributed by atoms with Crippen LogP contribution in [0.25, 0.3) is 11.1 Å². The summed E-state index contributed by atoms with van der Waals surface area (Å²) in [5, 5.41) is 28.6. The molecule has 0 saturated carbocycles. The number of fused-ring (bicyclic) bond motifs is 1. The summed E-state index contributed by atoms with van der Waals surface area (Å²) in [6.07, 6.45) is -1.76. The zero-order valence-electron chi connectivity index (χ0n) is 22.4. The van der Waals surface area contributed by atoms with Crippen LogP contribution in [0, 0.1) is 19.7 Å². The lowest BCUT2D eigenvalue weighted by Gasteiger charge is -2.30. The van der Waals surface area contributed by atoms with E-state index in [1.807, 2.05) is 50.2 Å². The van der Waals surface area contributed by atoms with Crippen LogP contribution in [0.3, 0.4) is 0 Å². The number of halogens is 1. The number of carboxylic acid groups (broad SMARTS) is 1. The van der Waals surface area contributed by atoms with Crippen molar-refractivity contribution >= 4 is 5.97 Å². The molecule has 3 N–H and O–H groups in total. The molecule has 2 heterocycles. The number of aryl methyl sites for hydroxylation is 2. The van der Waals surface area contributed by atoms with E-state index in [1.54, 1.807) is 0 Å². The van der Waals surface area contributed by atoms with Gasteiger partial charge in [0.1, 0.15) is 30.8 Å². The first-order chi connectivity index (χ1) is 19.2. The van der Waals surface area contributed by atoms with E-state index in [0.29, 0.717) is 23.5 Å². The largest absolute Gasteiger partial charge is 0.492 e. The van der Waals surface area contributed by atoms with Gasteiger partial charge in [0.15, 0.2) is 11.6 Å². The topological polar surface area (TPSA) is 115 Å². The van der Waals surface area contributed by atoms with E-state index in [2.05, 4.69) is 0 Å². The average Bonchev–Trinajstić information content (AvgIpc) is 3.28. The highest BCUT2D eigenvalue weighted by molar-refractivity contribution is 5.72. The van der Waals surface area contributed by atoms with Gasteiger partial charge in [0, 0.05) is 24.0 Å². The van der Waals surface area contributed by atoms with Gasteiger partial charge in [0.05, 0.1) is 31.8 Å². The number of carboxylic acids is 1. The molecule has 40 heavy (non-hydrogen) atoms. The van der Waals surface area contributed by atoms with Crippen LogP contribution in [0.5, 0.6) is 17.2 Å². The first kappa shape index (κ1) is 27.9. The summed E-state index contributed by atoms with van der Waals surface area (Å²) in [5.41, 5.74) is 5.50. The number of benzene rings is 3. The molecule has 3 aromatic carbocycles. The fourth-order valence-electron chi connectivity index (χ4n) is 5.35. The number of ether oxygens (including phenoxy) is 4. The van der Waals surface area contributed by atoms with Gasteiger partial charge in [0.2, 0.25) is 0 Å². The molecule has 1 unspecified atom stereocenters. The highest BCUT2D eigenvalue weighted by Gasteiger charge is 2.29. The Morgan fingerprint density at radius 2 is 1.80 bits per heavy atom. The van der Waals surface area contributed by atoms with Crippen molar-refractivity contribution in [3.63, 3.8) is 0 Å². The average molecular weight is 553 g/mol. The summed E-state index contributed by atoms with van der Waals surface area (Å²) in [7, 11) is 0. The summed E-state index contributed by atoms with van der Waals surface area (Å²) in [5.74, 6) is -0.680. The molecular weight excluding hydrogens is 519 g/mol. The fraction of sp³-hybridized carbons (Fsp3) is 0.387. The number of aliphatic hydroxyl groups excluding tert-OH is 2. The maximum Gasteiger partial charge on any atom is 0.304 e. The molecule has 212 valence electrons. The first-order valence-electron chi connectivity index (χ1n) is 13.3. The van der Waals surface area contributed by atoms with Crippen molar-refractivity contribution in [1.82, 2.24) is 0 Å². The summed E-state index contributed by atoms with van der Waals surface area (Å²) in [4.78, 5) is 11.1. The van der Waals surface area contributed by atoms with E-state index in [9.17, 15) is 19.4 Å². The summed E-state index contributed by atoms with van der Waals surface area (Å²) in [6, 6.07) is 14.6. The lowest BCUT2D eigenvalue weighted by Crippen LogP contribution is -2.43. The Morgan fingerprint density at radius 1 is 1.02 bits per heavy atom. The molecule has 3 aromatic rings. The molecule has 8 nitrogen and oxygen atoms in total. The van der Waals surface area contributed by atoms with Crippen molar-refractivity contribution in [2.75, 3.05) is 19.8 Å². The normalized spacial score (nSPS) is 21.9. The van der Waals surface area contributed by atoms with Crippen LogP contribution in [0.2, 0.25) is 0 Å². The number of aliphatic hydroxyl groups is 2. The number of hydrogen-bond donors (Lipinski definition) is 3. The highest BCUT2D eigenvalue weighted by Crippen LogP contribution is 2.40. The minimum atomic E-state index is -0.953. The lowest BCUT2D eigenvalue weighted by atomic mass is 9.94. The monoisotopic (exact) mass is 552 g/mol. The number of rotatable bonds is 9. The van der Waals surface area contributed by atoms with Crippen molar-refractivity contribution in [2.45, 2.75) is 57.5 Å². The van der Waals surface area contributed by atoms with E-state index in [0.717, 1.165) is 27.8 Å². The van der Waals surface area contributed by atoms with Gasteiger partial charge < -0.3 is 34.3 Å². The zero-order chi connectivity index (χ0) is 28.4. The van der Waals surface area contributed by atoms with Gasteiger partial charge in [-0.2, -0.15) is 0 Å². The van der Waals surface area contributed by atoms with Gasteiger partial charge in [-0.05, 0) is 65.9 Å². The number of aliphatic carboxylic acids is 1. The predicted octanol–water partition coefficient (Wildman–Crippen LogP) is 4.53. The molecule has 2 aliphatic rings. The number of hydrogen-bond acceptors (Lipinski definition) is 7.